The summed E-state index contributed by atoms with van der Waals surface area (Å²) in [6.45, 7) is 0. The Kier molecular flexibility index (Phi) is 2.93. The molecule has 0 atom stereocenters. The molecule has 1 saturated carbocycles. The minimum absolute atomic E-state index is 0.0148. The zero-order valence-electron chi connectivity index (χ0n) is 10.4. The third-order valence-electron chi connectivity index (χ3n) is 3.76. The number of phenols is 1. The van der Waals surface area contributed by atoms with Gasteiger partial charge in [-0.05, 0) is 37.1 Å². The van der Waals surface area contributed by atoms with Crippen molar-refractivity contribution in [2.75, 3.05) is 0 Å². The zero-order valence-corrected chi connectivity index (χ0v) is 11.2. The summed E-state index contributed by atoms with van der Waals surface area (Å²) in [6.07, 6.45) is 4.94. The van der Waals surface area contributed by atoms with Crippen LogP contribution in [0.3, 0.4) is 0 Å². The van der Waals surface area contributed by atoms with Gasteiger partial charge in [0.05, 0.1) is 10.1 Å². The number of hydrogen-bond acceptors (Lipinski definition) is 4. The third-order valence-corrected chi connectivity index (χ3v) is 6.07. The first-order chi connectivity index (χ1) is 9.10. The second-order valence-corrected chi connectivity index (χ2v) is 7.13. The van der Waals surface area contributed by atoms with Gasteiger partial charge in [0.15, 0.2) is 9.84 Å². The van der Waals surface area contributed by atoms with Crippen LogP contribution < -0.4 is 0 Å². The number of aromatic nitrogens is 1. The number of pyridine rings is 1. The van der Waals surface area contributed by atoms with Crippen molar-refractivity contribution in [1.29, 1.82) is 0 Å². The van der Waals surface area contributed by atoms with E-state index in [1.54, 1.807) is 18.3 Å². The minimum Gasteiger partial charge on any atom is -0.506 e. The molecule has 19 heavy (non-hydrogen) atoms. The highest BCUT2D eigenvalue weighted by Gasteiger charge is 2.31. The van der Waals surface area contributed by atoms with Gasteiger partial charge in [-0.25, -0.2) is 8.42 Å². The molecule has 4 nitrogen and oxygen atoms in total. The number of nitrogens with zero attached hydrogens (tertiary/aromatic N) is 1. The van der Waals surface area contributed by atoms with Crippen LogP contribution in [0.1, 0.15) is 25.7 Å². The standard InChI is InChI=1S/C14H15NO3S/c16-12-7-8-13(11-6-3-9-15-14(11)12)19(17,18)10-4-1-2-5-10/h3,6-10,16H,1-2,4-5H2. The smallest absolute Gasteiger partial charge is 0.181 e. The normalized spacial score (nSPS) is 17.1. The van der Waals surface area contributed by atoms with Crippen LogP contribution in [-0.2, 0) is 9.84 Å². The number of aromatic hydroxyl groups is 1. The van der Waals surface area contributed by atoms with Crippen LogP contribution in [0.4, 0.5) is 0 Å². The van der Waals surface area contributed by atoms with Gasteiger partial charge in [0.1, 0.15) is 11.3 Å². The predicted octanol–water partition coefficient (Wildman–Crippen LogP) is 2.66. The van der Waals surface area contributed by atoms with E-state index >= 15 is 0 Å². The fourth-order valence-corrected chi connectivity index (χ4v) is 4.80. The zero-order chi connectivity index (χ0) is 13.5. The molecule has 1 aromatic carbocycles. The molecule has 1 heterocycles. The van der Waals surface area contributed by atoms with E-state index in [0.29, 0.717) is 15.8 Å². The molecule has 3 rings (SSSR count). The van der Waals surface area contributed by atoms with E-state index in [0.717, 1.165) is 25.7 Å². The second-order valence-electron chi connectivity index (χ2n) is 4.93. The first-order valence-electron chi connectivity index (χ1n) is 6.41. The minimum atomic E-state index is -3.33. The average Bonchev–Trinajstić information content (AvgIpc) is 2.94. The molecular weight excluding hydrogens is 262 g/mol. The fourth-order valence-electron chi connectivity index (χ4n) is 2.76. The molecule has 2 aromatic rings. The van der Waals surface area contributed by atoms with Crippen LogP contribution in [0.15, 0.2) is 35.4 Å². The van der Waals surface area contributed by atoms with E-state index in [9.17, 15) is 13.5 Å². The van der Waals surface area contributed by atoms with E-state index in [4.69, 9.17) is 0 Å². The lowest BCUT2D eigenvalue weighted by Crippen LogP contribution is -2.18. The lowest BCUT2D eigenvalue weighted by Gasteiger charge is -2.13. The summed E-state index contributed by atoms with van der Waals surface area (Å²) in [7, 11) is -3.33. The van der Waals surface area contributed by atoms with E-state index in [1.165, 1.54) is 12.1 Å². The van der Waals surface area contributed by atoms with Gasteiger partial charge in [-0.2, -0.15) is 0 Å². The van der Waals surface area contributed by atoms with Crippen LogP contribution in [0.5, 0.6) is 5.75 Å². The molecule has 1 aromatic heterocycles. The van der Waals surface area contributed by atoms with E-state index in [-0.39, 0.29) is 11.0 Å². The van der Waals surface area contributed by atoms with Gasteiger partial charge in [0.2, 0.25) is 0 Å². The summed E-state index contributed by atoms with van der Waals surface area (Å²) in [5.74, 6) is 0.0148. The Hall–Kier alpha value is -1.62. The summed E-state index contributed by atoms with van der Waals surface area (Å²) in [6, 6.07) is 6.30. The summed E-state index contributed by atoms with van der Waals surface area (Å²) >= 11 is 0. The Morgan fingerprint density at radius 1 is 1.16 bits per heavy atom. The number of hydrogen-bond donors (Lipinski definition) is 1. The first kappa shape index (κ1) is 12.4. The number of rotatable bonds is 2. The van der Waals surface area contributed by atoms with E-state index < -0.39 is 9.84 Å². The number of benzene rings is 1. The van der Waals surface area contributed by atoms with Gasteiger partial charge in [0.25, 0.3) is 0 Å². The Morgan fingerprint density at radius 3 is 2.63 bits per heavy atom. The summed E-state index contributed by atoms with van der Waals surface area (Å²) in [5, 5.41) is 9.99. The molecule has 100 valence electrons. The Labute approximate surface area is 112 Å². The molecular formula is C14H15NO3S. The van der Waals surface area contributed by atoms with Crippen LogP contribution >= 0.6 is 0 Å². The van der Waals surface area contributed by atoms with E-state index in [2.05, 4.69) is 4.98 Å². The van der Waals surface area contributed by atoms with Gasteiger partial charge in [-0.3, -0.25) is 4.98 Å². The van der Waals surface area contributed by atoms with Crippen molar-refractivity contribution >= 4 is 20.7 Å². The van der Waals surface area contributed by atoms with Crippen molar-refractivity contribution in [3.63, 3.8) is 0 Å². The predicted molar refractivity (Wildman–Crippen MR) is 72.8 cm³/mol. The SMILES string of the molecule is O=S(=O)(c1ccc(O)c2ncccc12)C1CCCC1. The van der Waals surface area contributed by atoms with Crippen LogP contribution in [0.2, 0.25) is 0 Å². The van der Waals surface area contributed by atoms with Crippen molar-refractivity contribution < 1.29 is 13.5 Å². The molecule has 1 aliphatic carbocycles. The summed E-state index contributed by atoms with van der Waals surface area (Å²) in [5.41, 5.74) is 0.349. The second kappa shape index (κ2) is 4.49. The highest BCUT2D eigenvalue weighted by molar-refractivity contribution is 7.92. The van der Waals surface area contributed by atoms with Gasteiger partial charge in [-0.15, -0.1) is 0 Å². The maximum absolute atomic E-state index is 12.7. The highest BCUT2D eigenvalue weighted by Crippen LogP contribution is 2.35. The number of fused-ring (bicyclic) bond motifs is 1. The lowest BCUT2D eigenvalue weighted by atomic mass is 10.2. The van der Waals surface area contributed by atoms with Gasteiger partial charge >= 0.3 is 0 Å². The van der Waals surface area contributed by atoms with Crippen molar-refractivity contribution in [1.82, 2.24) is 4.98 Å². The average molecular weight is 277 g/mol. The molecule has 0 unspecified atom stereocenters. The molecule has 0 amide bonds. The number of sulfone groups is 1. The molecule has 0 spiro atoms. The monoisotopic (exact) mass is 277 g/mol. The Balaban J connectivity index is 2.23. The van der Waals surface area contributed by atoms with E-state index in [1.807, 2.05) is 0 Å². The fraction of sp³-hybridized carbons (Fsp3) is 0.357. The van der Waals surface area contributed by atoms with Crippen molar-refractivity contribution in [2.24, 2.45) is 0 Å². The van der Waals surface area contributed by atoms with Crippen LogP contribution in [-0.4, -0.2) is 23.8 Å². The number of phenolic OH excluding ortho intramolecular Hbond substituents is 1. The molecule has 1 N–H and O–H groups in total. The third kappa shape index (κ3) is 1.98. The molecule has 0 radical (unpaired) electrons. The molecule has 0 saturated heterocycles. The van der Waals surface area contributed by atoms with Crippen LogP contribution in [0.25, 0.3) is 10.9 Å². The first-order valence-corrected chi connectivity index (χ1v) is 7.96. The summed E-state index contributed by atoms with van der Waals surface area (Å²) in [4.78, 5) is 4.36. The van der Waals surface area contributed by atoms with Crippen molar-refractivity contribution in [2.45, 2.75) is 35.8 Å². The van der Waals surface area contributed by atoms with Crippen molar-refractivity contribution in [3.05, 3.63) is 30.5 Å². The molecule has 1 fully saturated rings. The Morgan fingerprint density at radius 2 is 1.89 bits per heavy atom. The van der Waals surface area contributed by atoms with Gasteiger partial charge < -0.3 is 5.11 Å². The maximum Gasteiger partial charge on any atom is 0.181 e. The largest absolute Gasteiger partial charge is 0.506 e. The molecule has 1 aliphatic rings. The van der Waals surface area contributed by atoms with Gasteiger partial charge in [-0.1, -0.05) is 12.8 Å². The molecule has 5 heteroatoms. The van der Waals surface area contributed by atoms with Crippen molar-refractivity contribution in [3.8, 4) is 5.75 Å². The topological polar surface area (TPSA) is 67.3 Å². The van der Waals surface area contributed by atoms with Crippen LogP contribution in [0, 0.1) is 0 Å². The quantitative estimate of drug-likeness (QED) is 0.916. The maximum atomic E-state index is 12.7. The summed E-state index contributed by atoms with van der Waals surface area (Å²) < 4.78 is 25.3. The molecule has 0 aliphatic heterocycles. The molecule has 0 bridgehead atoms. The lowest BCUT2D eigenvalue weighted by molar-refractivity contribution is 0.480. The Bertz CT molecular complexity index is 719. The van der Waals surface area contributed by atoms with Gasteiger partial charge in [0, 0.05) is 11.6 Å². The highest BCUT2D eigenvalue weighted by atomic mass is 32.2.